The molecule has 1 amide bonds. The first kappa shape index (κ1) is 22.8. The van der Waals surface area contributed by atoms with Gasteiger partial charge < -0.3 is 9.88 Å². The number of nitrogens with one attached hydrogen (secondary N) is 1. The summed E-state index contributed by atoms with van der Waals surface area (Å²) in [7, 11) is 0. The first-order valence-electron chi connectivity index (χ1n) is 9.70. The maximum atomic E-state index is 12.3. The Kier molecular flexibility index (Phi) is 7.29. The Morgan fingerprint density at radius 2 is 1.94 bits per heavy atom. The van der Waals surface area contributed by atoms with E-state index >= 15 is 0 Å². The Labute approximate surface area is 189 Å². The van der Waals surface area contributed by atoms with E-state index in [0.717, 1.165) is 11.4 Å². The van der Waals surface area contributed by atoms with Gasteiger partial charge in [0.15, 0.2) is 11.0 Å². The first-order chi connectivity index (χ1) is 14.8. The highest BCUT2D eigenvalue weighted by Gasteiger charge is 2.17. The van der Waals surface area contributed by atoms with Crippen LogP contribution in [0.5, 0.6) is 0 Å². The summed E-state index contributed by atoms with van der Waals surface area (Å²) in [5, 5.41) is 22.8. The van der Waals surface area contributed by atoms with Crippen LogP contribution in [0.3, 0.4) is 0 Å². The van der Waals surface area contributed by atoms with Crippen LogP contribution < -0.4 is 5.32 Å². The number of rotatable bonds is 8. The lowest BCUT2D eigenvalue weighted by molar-refractivity contribution is -0.384. The molecule has 1 aromatic heterocycles. The van der Waals surface area contributed by atoms with Gasteiger partial charge in [-0.1, -0.05) is 61.5 Å². The third-order valence-electron chi connectivity index (χ3n) is 4.63. The standard InChI is InChI=1S/C21H22ClN5O3S/c1-4-26-20(15-7-5-14(6-8-15)13(2)3)24-25-21(26)31-12-19(28)23-16-9-10-17(22)18(11-16)27(29)30/h5-11,13H,4,12H2,1-3H3,(H,23,28). The van der Waals surface area contributed by atoms with Gasteiger partial charge in [0.2, 0.25) is 5.91 Å². The summed E-state index contributed by atoms with van der Waals surface area (Å²) in [6.45, 7) is 6.94. The molecule has 0 radical (unpaired) electrons. The molecule has 0 aliphatic rings. The van der Waals surface area contributed by atoms with Crippen molar-refractivity contribution in [2.45, 2.75) is 38.4 Å². The smallest absolute Gasteiger partial charge is 0.289 e. The van der Waals surface area contributed by atoms with Gasteiger partial charge in [0.1, 0.15) is 5.02 Å². The summed E-state index contributed by atoms with van der Waals surface area (Å²) in [6.07, 6.45) is 0. The van der Waals surface area contributed by atoms with Gasteiger partial charge in [0, 0.05) is 23.9 Å². The first-order valence-corrected chi connectivity index (χ1v) is 11.1. The zero-order valence-corrected chi connectivity index (χ0v) is 18.9. The van der Waals surface area contributed by atoms with Crippen LogP contribution in [-0.4, -0.2) is 31.3 Å². The number of nitrogens with zero attached hydrogens (tertiary/aromatic N) is 4. The van der Waals surface area contributed by atoms with E-state index < -0.39 is 4.92 Å². The van der Waals surface area contributed by atoms with Crippen molar-refractivity contribution in [1.29, 1.82) is 0 Å². The van der Waals surface area contributed by atoms with Crippen molar-refractivity contribution < 1.29 is 9.72 Å². The lowest BCUT2D eigenvalue weighted by Gasteiger charge is -2.09. The highest BCUT2D eigenvalue weighted by molar-refractivity contribution is 7.99. The molecule has 0 unspecified atom stereocenters. The molecule has 1 heterocycles. The van der Waals surface area contributed by atoms with Crippen LogP contribution in [0.25, 0.3) is 11.4 Å². The molecule has 3 rings (SSSR count). The van der Waals surface area contributed by atoms with E-state index in [1.165, 1.54) is 35.5 Å². The van der Waals surface area contributed by atoms with Gasteiger partial charge in [-0.25, -0.2) is 0 Å². The van der Waals surface area contributed by atoms with E-state index in [1.807, 2.05) is 23.6 Å². The molecule has 10 heteroatoms. The number of aromatic nitrogens is 3. The fourth-order valence-corrected chi connectivity index (χ4v) is 3.96. The Balaban J connectivity index is 1.69. The van der Waals surface area contributed by atoms with Gasteiger partial charge in [-0.15, -0.1) is 10.2 Å². The molecule has 0 atom stereocenters. The molecule has 0 spiro atoms. The quantitative estimate of drug-likeness (QED) is 0.275. The second-order valence-electron chi connectivity index (χ2n) is 7.09. The number of carbonyl (C=O) groups excluding carboxylic acids is 1. The summed E-state index contributed by atoms with van der Waals surface area (Å²) in [6, 6.07) is 12.4. The van der Waals surface area contributed by atoms with Crippen LogP contribution in [0, 0.1) is 10.1 Å². The van der Waals surface area contributed by atoms with Crippen LogP contribution in [0.2, 0.25) is 5.02 Å². The summed E-state index contributed by atoms with van der Waals surface area (Å²) in [4.78, 5) is 22.7. The zero-order valence-electron chi connectivity index (χ0n) is 17.3. The number of carbonyl (C=O) groups is 1. The number of nitro benzene ring substituents is 1. The molecule has 1 N–H and O–H groups in total. The lowest BCUT2D eigenvalue weighted by Crippen LogP contribution is -2.14. The fourth-order valence-electron chi connectivity index (χ4n) is 2.97. The van der Waals surface area contributed by atoms with Crippen LogP contribution in [-0.2, 0) is 11.3 Å². The molecule has 0 fully saturated rings. The average Bonchev–Trinajstić information content (AvgIpc) is 3.16. The number of hydrogen-bond donors (Lipinski definition) is 1. The topological polar surface area (TPSA) is 103 Å². The van der Waals surface area contributed by atoms with E-state index in [1.54, 1.807) is 0 Å². The maximum Gasteiger partial charge on any atom is 0.289 e. The minimum Gasteiger partial charge on any atom is -0.325 e. The van der Waals surface area contributed by atoms with Gasteiger partial charge in [0.25, 0.3) is 5.69 Å². The largest absolute Gasteiger partial charge is 0.325 e. The normalized spacial score (nSPS) is 11.0. The van der Waals surface area contributed by atoms with Crippen molar-refractivity contribution in [3.8, 4) is 11.4 Å². The van der Waals surface area contributed by atoms with E-state index in [0.29, 0.717) is 23.3 Å². The monoisotopic (exact) mass is 459 g/mol. The molecule has 162 valence electrons. The van der Waals surface area contributed by atoms with Crippen LogP contribution in [0.15, 0.2) is 47.6 Å². The van der Waals surface area contributed by atoms with Crippen LogP contribution in [0.4, 0.5) is 11.4 Å². The van der Waals surface area contributed by atoms with Crippen molar-refractivity contribution in [2.75, 3.05) is 11.1 Å². The Bertz CT molecular complexity index is 1100. The van der Waals surface area contributed by atoms with Crippen LogP contribution >= 0.6 is 23.4 Å². The Morgan fingerprint density at radius 3 is 2.55 bits per heavy atom. The molecule has 8 nitrogen and oxygen atoms in total. The third kappa shape index (κ3) is 5.42. The van der Waals surface area contributed by atoms with Gasteiger partial charge in [0.05, 0.1) is 10.7 Å². The number of amides is 1. The van der Waals surface area contributed by atoms with E-state index in [2.05, 4.69) is 41.5 Å². The number of anilines is 1. The molecule has 31 heavy (non-hydrogen) atoms. The van der Waals surface area contributed by atoms with Gasteiger partial charge in [-0.05, 0) is 30.5 Å². The van der Waals surface area contributed by atoms with Crippen molar-refractivity contribution in [3.63, 3.8) is 0 Å². The Morgan fingerprint density at radius 1 is 1.23 bits per heavy atom. The molecule has 0 saturated carbocycles. The predicted molar refractivity (Wildman–Crippen MR) is 123 cm³/mol. The highest BCUT2D eigenvalue weighted by Crippen LogP contribution is 2.28. The van der Waals surface area contributed by atoms with Gasteiger partial charge in [-0.3, -0.25) is 14.9 Å². The molecule has 0 aliphatic heterocycles. The van der Waals surface area contributed by atoms with Crippen molar-refractivity contribution in [3.05, 3.63) is 63.2 Å². The summed E-state index contributed by atoms with van der Waals surface area (Å²) in [5.74, 6) is 0.967. The highest BCUT2D eigenvalue weighted by atomic mass is 35.5. The average molecular weight is 460 g/mol. The number of halogens is 1. The maximum absolute atomic E-state index is 12.3. The second kappa shape index (κ2) is 9.93. The minimum absolute atomic E-state index is 0.0161. The molecule has 0 aliphatic carbocycles. The van der Waals surface area contributed by atoms with Crippen molar-refractivity contribution >= 4 is 40.6 Å². The zero-order chi connectivity index (χ0) is 22.5. The molecular weight excluding hydrogens is 438 g/mol. The predicted octanol–water partition coefficient (Wildman–Crippen LogP) is 5.38. The Hall–Kier alpha value is -2.91. The van der Waals surface area contributed by atoms with Gasteiger partial charge in [-0.2, -0.15) is 0 Å². The fraction of sp³-hybridized carbons (Fsp3) is 0.286. The summed E-state index contributed by atoms with van der Waals surface area (Å²) < 4.78 is 1.95. The lowest BCUT2D eigenvalue weighted by atomic mass is 10.0. The minimum atomic E-state index is -0.592. The molecule has 3 aromatic rings. The van der Waals surface area contributed by atoms with E-state index in [-0.39, 0.29) is 22.4 Å². The van der Waals surface area contributed by atoms with Crippen molar-refractivity contribution in [2.24, 2.45) is 0 Å². The number of benzene rings is 2. The van der Waals surface area contributed by atoms with Crippen LogP contribution in [0.1, 0.15) is 32.3 Å². The van der Waals surface area contributed by atoms with E-state index in [4.69, 9.17) is 11.6 Å². The summed E-state index contributed by atoms with van der Waals surface area (Å²) >= 11 is 7.06. The summed E-state index contributed by atoms with van der Waals surface area (Å²) in [5.41, 5.74) is 2.26. The van der Waals surface area contributed by atoms with Gasteiger partial charge >= 0.3 is 0 Å². The molecule has 0 bridgehead atoms. The number of nitro groups is 1. The second-order valence-corrected chi connectivity index (χ2v) is 8.44. The molecule has 0 saturated heterocycles. The van der Waals surface area contributed by atoms with Crippen molar-refractivity contribution in [1.82, 2.24) is 14.8 Å². The molecular formula is C21H22ClN5O3S. The number of thioether (sulfide) groups is 1. The number of hydrogen-bond acceptors (Lipinski definition) is 6. The van der Waals surface area contributed by atoms with E-state index in [9.17, 15) is 14.9 Å². The third-order valence-corrected chi connectivity index (χ3v) is 5.91. The molecule has 2 aromatic carbocycles. The SMILES string of the molecule is CCn1c(SCC(=O)Nc2ccc(Cl)c([N+](=O)[O-])c2)nnc1-c1ccc(C(C)C)cc1.